The number of fused-ring (bicyclic) bond motifs is 1. The summed E-state index contributed by atoms with van der Waals surface area (Å²) in [6, 6.07) is 5.09. The van der Waals surface area contributed by atoms with Crippen molar-refractivity contribution in [1.82, 2.24) is 25.5 Å². The maximum Gasteiger partial charge on any atom is 0.320 e. The van der Waals surface area contributed by atoms with Crippen molar-refractivity contribution in [3.8, 4) is 11.1 Å². The zero-order valence-electron chi connectivity index (χ0n) is 11.7. The molecule has 0 atom stereocenters. The largest absolute Gasteiger partial charge is 0.334 e. The van der Waals surface area contributed by atoms with Gasteiger partial charge < -0.3 is 5.32 Å². The van der Waals surface area contributed by atoms with Gasteiger partial charge in [0.1, 0.15) is 5.82 Å². The van der Waals surface area contributed by atoms with Crippen LogP contribution < -0.4 is 10.6 Å². The summed E-state index contributed by atoms with van der Waals surface area (Å²) in [7, 11) is 0. The third kappa shape index (κ3) is 2.93. The maximum atomic E-state index is 11.6. The fraction of sp³-hybridized carbons (Fsp3) is 0.0667. The summed E-state index contributed by atoms with van der Waals surface area (Å²) in [6.45, 7) is 3.94. The number of nitrogens with zero attached hydrogens (tertiary/aromatic N) is 3. The van der Waals surface area contributed by atoms with E-state index in [1.165, 1.54) is 0 Å². The van der Waals surface area contributed by atoms with Gasteiger partial charge in [0, 0.05) is 30.1 Å². The summed E-state index contributed by atoms with van der Waals surface area (Å²) in [5, 5.41) is 12.0. The van der Waals surface area contributed by atoms with Crippen LogP contribution in [0.3, 0.4) is 0 Å². The lowest BCUT2D eigenvalue weighted by Gasteiger charge is -2.06. The molecule has 3 N–H and O–H groups in total. The van der Waals surface area contributed by atoms with Crippen molar-refractivity contribution in [2.45, 2.75) is 0 Å². The minimum absolute atomic E-state index is 0.328. The Morgan fingerprint density at radius 2 is 2.18 bits per heavy atom. The first kappa shape index (κ1) is 13.7. The van der Waals surface area contributed by atoms with E-state index in [1.54, 1.807) is 30.7 Å². The molecule has 0 spiro atoms. The first-order valence-corrected chi connectivity index (χ1v) is 6.68. The third-order valence-corrected chi connectivity index (χ3v) is 3.02. The number of nitrogens with one attached hydrogen (secondary N) is 3. The highest BCUT2D eigenvalue weighted by Crippen LogP contribution is 2.21. The SMILES string of the molecule is C=CCNC(=O)Nc1ccc2ncc(-c3cn[nH]c3)cc2n1. The van der Waals surface area contributed by atoms with E-state index in [2.05, 4.69) is 37.4 Å². The summed E-state index contributed by atoms with van der Waals surface area (Å²) >= 11 is 0. The number of aromatic amines is 1. The predicted molar refractivity (Wildman–Crippen MR) is 84.3 cm³/mol. The predicted octanol–water partition coefficient (Wildman–Crippen LogP) is 2.33. The second kappa shape index (κ2) is 6.04. The van der Waals surface area contributed by atoms with E-state index >= 15 is 0 Å². The summed E-state index contributed by atoms with van der Waals surface area (Å²) in [4.78, 5) is 20.4. The van der Waals surface area contributed by atoms with E-state index in [-0.39, 0.29) is 6.03 Å². The van der Waals surface area contributed by atoms with Gasteiger partial charge in [0.2, 0.25) is 0 Å². The van der Waals surface area contributed by atoms with Gasteiger partial charge in [0.25, 0.3) is 0 Å². The highest BCUT2D eigenvalue weighted by molar-refractivity contribution is 5.90. The number of carbonyl (C=O) groups excluding carboxylic acids is 1. The lowest BCUT2D eigenvalue weighted by molar-refractivity contribution is 0.253. The van der Waals surface area contributed by atoms with Crippen LogP contribution in [0.25, 0.3) is 22.2 Å². The van der Waals surface area contributed by atoms with Gasteiger partial charge in [-0.3, -0.25) is 15.4 Å². The zero-order chi connectivity index (χ0) is 15.4. The van der Waals surface area contributed by atoms with Crippen molar-refractivity contribution >= 4 is 22.9 Å². The van der Waals surface area contributed by atoms with Crippen LogP contribution in [-0.4, -0.2) is 32.7 Å². The maximum absolute atomic E-state index is 11.6. The summed E-state index contributed by atoms with van der Waals surface area (Å²) in [5.74, 6) is 0.459. The monoisotopic (exact) mass is 294 g/mol. The number of urea groups is 1. The van der Waals surface area contributed by atoms with E-state index in [0.29, 0.717) is 17.9 Å². The molecule has 7 heteroatoms. The van der Waals surface area contributed by atoms with Crippen molar-refractivity contribution < 1.29 is 4.79 Å². The molecule has 22 heavy (non-hydrogen) atoms. The Morgan fingerprint density at radius 3 is 2.95 bits per heavy atom. The molecule has 3 heterocycles. The molecule has 0 saturated carbocycles. The van der Waals surface area contributed by atoms with Crippen molar-refractivity contribution in [2.24, 2.45) is 0 Å². The van der Waals surface area contributed by atoms with Gasteiger partial charge in [-0.25, -0.2) is 9.78 Å². The van der Waals surface area contributed by atoms with Crippen molar-refractivity contribution in [1.29, 1.82) is 0 Å². The van der Waals surface area contributed by atoms with Crippen LogP contribution in [0.1, 0.15) is 0 Å². The lowest BCUT2D eigenvalue weighted by Crippen LogP contribution is -2.28. The molecular weight excluding hydrogens is 280 g/mol. The summed E-state index contributed by atoms with van der Waals surface area (Å²) in [6.07, 6.45) is 6.87. The van der Waals surface area contributed by atoms with E-state index in [0.717, 1.165) is 16.6 Å². The molecule has 0 fully saturated rings. The summed E-state index contributed by atoms with van der Waals surface area (Å²) in [5.41, 5.74) is 3.28. The van der Waals surface area contributed by atoms with Crippen molar-refractivity contribution in [3.63, 3.8) is 0 Å². The fourth-order valence-electron chi connectivity index (χ4n) is 1.97. The lowest BCUT2D eigenvalue weighted by atomic mass is 10.1. The Bertz CT molecular complexity index is 812. The van der Waals surface area contributed by atoms with Gasteiger partial charge in [0.05, 0.1) is 17.2 Å². The first-order chi connectivity index (χ1) is 10.8. The van der Waals surface area contributed by atoms with Gasteiger partial charge in [-0.05, 0) is 18.2 Å². The number of carbonyl (C=O) groups is 1. The molecule has 3 aromatic rings. The topological polar surface area (TPSA) is 95.6 Å². The molecule has 0 aromatic carbocycles. The van der Waals surface area contributed by atoms with Crippen molar-refractivity contribution in [3.05, 3.63) is 49.4 Å². The minimum Gasteiger partial charge on any atom is -0.334 e. The smallest absolute Gasteiger partial charge is 0.320 e. The molecule has 0 unspecified atom stereocenters. The average molecular weight is 294 g/mol. The third-order valence-electron chi connectivity index (χ3n) is 3.02. The number of anilines is 1. The van der Waals surface area contributed by atoms with Crippen LogP contribution in [0.4, 0.5) is 10.6 Å². The average Bonchev–Trinajstić information content (AvgIpc) is 3.06. The Kier molecular flexibility index (Phi) is 3.78. The zero-order valence-corrected chi connectivity index (χ0v) is 11.7. The molecule has 0 aliphatic rings. The van der Waals surface area contributed by atoms with Crippen molar-refractivity contribution in [2.75, 3.05) is 11.9 Å². The molecule has 3 rings (SSSR count). The van der Waals surface area contributed by atoms with E-state index < -0.39 is 0 Å². The standard InChI is InChI=1S/C15H14N6O/c1-2-5-16-15(22)21-14-4-3-12-13(20-14)6-10(7-17-12)11-8-18-19-9-11/h2-4,6-9H,1,5H2,(H,18,19)(H2,16,20,21,22). The summed E-state index contributed by atoms with van der Waals surface area (Å²) < 4.78 is 0. The van der Waals surface area contributed by atoms with E-state index in [9.17, 15) is 4.79 Å². The van der Waals surface area contributed by atoms with Crippen LogP contribution in [0.5, 0.6) is 0 Å². The number of hydrogen-bond donors (Lipinski definition) is 3. The number of hydrogen-bond acceptors (Lipinski definition) is 4. The van der Waals surface area contributed by atoms with E-state index in [1.807, 2.05) is 12.1 Å². The molecule has 0 bridgehead atoms. The number of rotatable bonds is 4. The number of aromatic nitrogens is 4. The highest BCUT2D eigenvalue weighted by atomic mass is 16.2. The van der Waals surface area contributed by atoms with Crippen LogP contribution in [-0.2, 0) is 0 Å². The van der Waals surface area contributed by atoms with Gasteiger partial charge in [-0.1, -0.05) is 6.08 Å². The van der Waals surface area contributed by atoms with Gasteiger partial charge in [-0.2, -0.15) is 5.10 Å². The van der Waals surface area contributed by atoms with Gasteiger partial charge in [0.15, 0.2) is 0 Å². The Labute approximate surface area is 126 Å². The van der Waals surface area contributed by atoms with Gasteiger partial charge >= 0.3 is 6.03 Å². The number of H-pyrrole nitrogens is 1. The normalized spacial score (nSPS) is 10.4. The number of pyridine rings is 2. The molecule has 2 amide bonds. The van der Waals surface area contributed by atoms with Crippen LogP contribution in [0.15, 0.2) is 49.4 Å². The Hall–Kier alpha value is -3.22. The van der Waals surface area contributed by atoms with Crippen LogP contribution in [0.2, 0.25) is 0 Å². The van der Waals surface area contributed by atoms with Gasteiger partial charge in [-0.15, -0.1) is 6.58 Å². The molecule has 0 saturated heterocycles. The van der Waals surface area contributed by atoms with Crippen LogP contribution >= 0.6 is 0 Å². The molecule has 110 valence electrons. The molecule has 0 aliphatic carbocycles. The van der Waals surface area contributed by atoms with Crippen LogP contribution in [0, 0.1) is 0 Å². The first-order valence-electron chi connectivity index (χ1n) is 6.68. The molecule has 7 nitrogen and oxygen atoms in total. The second-order valence-corrected chi connectivity index (χ2v) is 4.57. The highest BCUT2D eigenvalue weighted by Gasteiger charge is 2.06. The molecular formula is C15H14N6O. The molecule has 3 aromatic heterocycles. The quantitative estimate of drug-likeness (QED) is 0.643. The Morgan fingerprint density at radius 1 is 1.27 bits per heavy atom. The number of amides is 2. The second-order valence-electron chi connectivity index (χ2n) is 4.57. The minimum atomic E-state index is -0.328. The molecule has 0 aliphatic heterocycles. The fourth-order valence-corrected chi connectivity index (χ4v) is 1.97. The molecule has 0 radical (unpaired) electrons. The Balaban J connectivity index is 1.87. The van der Waals surface area contributed by atoms with E-state index in [4.69, 9.17) is 0 Å².